The summed E-state index contributed by atoms with van der Waals surface area (Å²) in [6.07, 6.45) is 2.06. The zero-order chi connectivity index (χ0) is 16.8. The van der Waals surface area contributed by atoms with E-state index >= 15 is 0 Å². The first-order valence-corrected chi connectivity index (χ1v) is 10.5. The van der Waals surface area contributed by atoms with E-state index in [9.17, 15) is 18.3 Å². The molecule has 2 fully saturated rings. The molecule has 0 aromatic carbocycles. The Morgan fingerprint density at radius 1 is 1.35 bits per heavy atom. The minimum Gasteiger partial charge on any atom is -0.389 e. The zero-order valence-electron chi connectivity index (χ0n) is 12.7. The predicted octanol–water partition coefficient (Wildman–Crippen LogP) is 1.26. The van der Waals surface area contributed by atoms with Crippen molar-refractivity contribution in [3.05, 3.63) is 21.3 Å². The van der Waals surface area contributed by atoms with Gasteiger partial charge in [0, 0.05) is 32.1 Å². The molecule has 0 radical (unpaired) electrons. The summed E-state index contributed by atoms with van der Waals surface area (Å²) in [5, 5.41) is 10.8. The molecule has 128 valence electrons. The number of thiophene rings is 1. The van der Waals surface area contributed by atoms with Crippen LogP contribution in [0.3, 0.4) is 0 Å². The van der Waals surface area contributed by atoms with Gasteiger partial charge in [-0.25, -0.2) is 12.7 Å². The Bertz CT molecular complexity index is 720. The van der Waals surface area contributed by atoms with Gasteiger partial charge in [-0.3, -0.25) is 4.79 Å². The average Bonchev–Trinajstić information content (AvgIpc) is 2.90. The summed E-state index contributed by atoms with van der Waals surface area (Å²) in [4.78, 5) is 14.8. The molecule has 0 bridgehead atoms. The third-order valence-electron chi connectivity index (χ3n) is 4.77. The van der Waals surface area contributed by atoms with Crippen LogP contribution in [-0.2, 0) is 10.0 Å². The van der Waals surface area contributed by atoms with Gasteiger partial charge in [-0.05, 0) is 25.0 Å². The number of fused-ring (bicyclic) bond motifs is 1. The monoisotopic (exact) mass is 378 g/mol. The molecule has 2 aliphatic heterocycles. The first-order chi connectivity index (χ1) is 10.7. The standard InChI is InChI=1S/C14H19ClN2O4S2/c1-23(20,21)17-7-5-14(19)4-6-16(8-10(14)9-17)13(18)11-2-3-12(15)22-11/h2-3,10,19H,4-9H2,1H3/t10-,14-/m0/s1. The van der Waals surface area contributed by atoms with E-state index in [0.29, 0.717) is 41.7 Å². The maximum absolute atomic E-state index is 12.5. The quantitative estimate of drug-likeness (QED) is 0.840. The molecule has 0 aliphatic carbocycles. The Balaban J connectivity index is 1.75. The van der Waals surface area contributed by atoms with Gasteiger partial charge >= 0.3 is 0 Å². The largest absolute Gasteiger partial charge is 0.389 e. The number of hydrogen-bond acceptors (Lipinski definition) is 5. The second-order valence-electron chi connectivity index (χ2n) is 6.28. The lowest BCUT2D eigenvalue weighted by atomic mass is 9.76. The molecule has 0 spiro atoms. The first kappa shape index (κ1) is 17.2. The van der Waals surface area contributed by atoms with Gasteiger partial charge in [0.2, 0.25) is 10.0 Å². The number of piperidine rings is 2. The Morgan fingerprint density at radius 3 is 2.65 bits per heavy atom. The topological polar surface area (TPSA) is 77.9 Å². The molecular formula is C14H19ClN2O4S2. The molecule has 1 N–H and O–H groups in total. The number of amides is 1. The summed E-state index contributed by atoms with van der Waals surface area (Å²) in [6, 6.07) is 3.38. The van der Waals surface area contributed by atoms with Crippen LogP contribution < -0.4 is 0 Å². The van der Waals surface area contributed by atoms with Crippen molar-refractivity contribution in [2.45, 2.75) is 18.4 Å². The normalized spacial score (nSPS) is 29.3. The van der Waals surface area contributed by atoms with Crippen LogP contribution in [0.2, 0.25) is 4.34 Å². The highest BCUT2D eigenvalue weighted by Crippen LogP contribution is 2.37. The third-order valence-corrected chi connectivity index (χ3v) is 7.26. The molecule has 2 aliphatic rings. The minimum absolute atomic E-state index is 0.111. The van der Waals surface area contributed by atoms with Gasteiger partial charge in [0.25, 0.3) is 5.91 Å². The van der Waals surface area contributed by atoms with Crippen molar-refractivity contribution in [2.24, 2.45) is 5.92 Å². The van der Waals surface area contributed by atoms with Crippen molar-refractivity contribution in [2.75, 3.05) is 32.4 Å². The Kier molecular flexibility index (Phi) is 4.48. The summed E-state index contributed by atoms with van der Waals surface area (Å²) < 4.78 is 25.5. The Labute approximate surface area is 144 Å². The Morgan fingerprint density at radius 2 is 2.04 bits per heavy atom. The number of carbonyl (C=O) groups is 1. The summed E-state index contributed by atoms with van der Waals surface area (Å²) in [7, 11) is -3.29. The van der Waals surface area contributed by atoms with Crippen LogP contribution in [0.15, 0.2) is 12.1 Å². The fraction of sp³-hybridized carbons (Fsp3) is 0.643. The van der Waals surface area contributed by atoms with Crippen LogP contribution in [0.5, 0.6) is 0 Å². The number of likely N-dealkylation sites (tertiary alicyclic amines) is 1. The van der Waals surface area contributed by atoms with E-state index in [1.807, 2.05) is 0 Å². The summed E-state index contributed by atoms with van der Waals surface area (Å²) in [6.45, 7) is 1.42. The van der Waals surface area contributed by atoms with E-state index in [1.165, 1.54) is 21.9 Å². The van der Waals surface area contributed by atoms with Crippen LogP contribution in [0.1, 0.15) is 22.5 Å². The lowest BCUT2D eigenvalue weighted by molar-refractivity contribution is -0.0945. The number of sulfonamides is 1. The van der Waals surface area contributed by atoms with Crippen LogP contribution in [-0.4, -0.2) is 66.7 Å². The second-order valence-corrected chi connectivity index (χ2v) is 9.97. The van der Waals surface area contributed by atoms with Gasteiger partial charge in [-0.1, -0.05) is 11.6 Å². The maximum Gasteiger partial charge on any atom is 0.263 e. The maximum atomic E-state index is 12.5. The molecule has 23 heavy (non-hydrogen) atoms. The lowest BCUT2D eigenvalue weighted by Gasteiger charge is -2.49. The fourth-order valence-corrected chi connectivity index (χ4v) is 5.23. The highest BCUT2D eigenvalue weighted by Gasteiger charge is 2.47. The van der Waals surface area contributed by atoms with Gasteiger partial charge in [-0.15, -0.1) is 11.3 Å². The number of hydrogen-bond donors (Lipinski definition) is 1. The SMILES string of the molecule is CS(=O)(=O)N1CC[C@@]2(O)CCN(C(=O)c3ccc(Cl)s3)C[C@H]2C1. The second kappa shape index (κ2) is 6.00. The van der Waals surface area contributed by atoms with E-state index in [-0.39, 0.29) is 18.4 Å². The summed E-state index contributed by atoms with van der Waals surface area (Å²) >= 11 is 7.11. The third kappa shape index (κ3) is 3.41. The van der Waals surface area contributed by atoms with Gasteiger partial charge in [0.05, 0.1) is 21.1 Å². The average molecular weight is 379 g/mol. The van der Waals surface area contributed by atoms with Gasteiger partial charge < -0.3 is 10.0 Å². The fourth-order valence-electron chi connectivity index (χ4n) is 3.34. The summed E-state index contributed by atoms with van der Waals surface area (Å²) in [5.74, 6) is -0.375. The molecule has 0 unspecified atom stereocenters. The molecule has 3 rings (SSSR count). The van der Waals surface area contributed by atoms with E-state index in [1.54, 1.807) is 17.0 Å². The van der Waals surface area contributed by atoms with Crippen molar-refractivity contribution >= 4 is 38.9 Å². The van der Waals surface area contributed by atoms with Gasteiger partial charge in [0.15, 0.2) is 0 Å². The summed E-state index contributed by atoms with van der Waals surface area (Å²) in [5.41, 5.74) is -0.884. The van der Waals surface area contributed by atoms with Crippen molar-refractivity contribution in [1.29, 1.82) is 0 Å². The van der Waals surface area contributed by atoms with Crippen molar-refractivity contribution in [3.63, 3.8) is 0 Å². The van der Waals surface area contributed by atoms with Crippen LogP contribution in [0.4, 0.5) is 0 Å². The van der Waals surface area contributed by atoms with E-state index in [2.05, 4.69) is 0 Å². The van der Waals surface area contributed by atoms with Crippen molar-refractivity contribution in [3.8, 4) is 0 Å². The molecule has 2 saturated heterocycles. The molecule has 1 amide bonds. The van der Waals surface area contributed by atoms with Gasteiger partial charge in [0.1, 0.15) is 0 Å². The van der Waals surface area contributed by atoms with Gasteiger partial charge in [-0.2, -0.15) is 0 Å². The number of aliphatic hydroxyl groups is 1. The predicted molar refractivity (Wildman–Crippen MR) is 89.3 cm³/mol. The Hall–Kier alpha value is -0.670. The molecule has 3 heterocycles. The van der Waals surface area contributed by atoms with Crippen LogP contribution in [0, 0.1) is 5.92 Å². The van der Waals surface area contributed by atoms with Crippen LogP contribution in [0.25, 0.3) is 0 Å². The molecule has 0 saturated carbocycles. The number of carbonyl (C=O) groups excluding carboxylic acids is 1. The minimum atomic E-state index is -3.29. The number of rotatable bonds is 2. The highest BCUT2D eigenvalue weighted by molar-refractivity contribution is 7.88. The lowest BCUT2D eigenvalue weighted by Crippen LogP contribution is -2.61. The molecular weight excluding hydrogens is 360 g/mol. The van der Waals surface area contributed by atoms with E-state index in [0.717, 1.165) is 0 Å². The molecule has 1 aromatic heterocycles. The van der Waals surface area contributed by atoms with Crippen molar-refractivity contribution in [1.82, 2.24) is 9.21 Å². The molecule has 2 atom stereocenters. The highest BCUT2D eigenvalue weighted by atomic mass is 35.5. The van der Waals surface area contributed by atoms with Crippen LogP contribution >= 0.6 is 22.9 Å². The smallest absolute Gasteiger partial charge is 0.263 e. The first-order valence-electron chi connectivity index (χ1n) is 7.41. The van der Waals surface area contributed by atoms with E-state index < -0.39 is 15.6 Å². The van der Waals surface area contributed by atoms with Crippen molar-refractivity contribution < 1.29 is 18.3 Å². The number of nitrogens with zero attached hydrogens (tertiary/aromatic N) is 2. The molecule has 1 aromatic rings. The number of halogens is 1. The molecule has 9 heteroatoms. The molecule has 6 nitrogen and oxygen atoms in total. The van der Waals surface area contributed by atoms with E-state index in [4.69, 9.17) is 11.6 Å². The zero-order valence-corrected chi connectivity index (χ0v) is 15.1.